The van der Waals surface area contributed by atoms with Crippen molar-refractivity contribution >= 4 is 17.2 Å². The van der Waals surface area contributed by atoms with E-state index in [9.17, 15) is 5.11 Å². The van der Waals surface area contributed by atoms with Gasteiger partial charge in [0, 0.05) is 24.2 Å². The fourth-order valence-corrected chi connectivity index (χ4v) is 3.20. The molecule has 0 fully saturated rings. The monoisotopic (exact) mass is 260 g/mol. The van der Waals surface area contributed by atoms with E-state index in [1.165, 1.54) is 10.4 Å². The minimum Gasteiger partial charge on any atom is -0.389 e. The van der Waals surface area contributed by atoms with Crippen molar-refractivity contribution in [2.24, 2.45) is 0 Å². The molecular formula is C14H16N2OS. The lowest BCUT2D eigenvalue weighted by molar-refractivity contribution is 0.199. The first-order valence-electron chi connectivity index (χ1n) is 6.18. The van der Waals surface area contributed by atoms with Gasteiger partial charge < -0.3 is 10.0 Å². The molecule has 1 aliphatic rings. The van der Waals surface area contributed by atoms with Crippen LogP contribution in [-0.2, 0) is 13.0 Å². The van der Waals surface area contributed by atoms with Gasteiger partial charge in [0.15, 0.2) is 0 Å². The van der Waals surface area contributed by atoms with Gasteiger partial charge in [-0.1, -0.05) is 0 Å². The Morgan fingerprint density at radius 1 is 1.44 bits per heavy atom. The van der Waals surface area contributed by atoms with Crippen molar-refractivity contribution in [3.63, 3.8) is 0 Å². The van der Waals surface area contributed by atoms with Crippen molar-refractivity contribution in [2.75, 3.05) is 11.4 Å². The molecular weight excluding hydrogens is 244 g/mol. The van der Waals surface area contributed by atoms with Crippen LogP contribution in [0.4, 0.5) is 5.82 Å². The zero-order chi connectivity index (χ0) is 12.5. The van der Waals surface area contributed by atoms with E-state index in [4.69, 9.17) is 0 Å². The van der Waals surface area contributed by atoms with Gasteiger partial charge in [-0.15, -0.1) is 11.3 Å². The molecule has 18 heavy (non-hydrogen) atoms. The van der Waals surface area contributed by atoms with Gasteiger partial charge in [0.05, 0.1) is 6.10 Å². The van der Waals surface area contributed by atoms with Gasteiger partial charge >= 0.3 is 0 Å². The van der Waals surface area contributed by atoms with Crippen molar-refractivity contribution < 1.29 is 5.11 Å². The Labute approximate surface area is 111 Å². The zero-order valence-electron chi connectivity index (χ0n) is 10.3. The van der Waals surface area contributed by atoms with Crippen LogP contribution in [0.5, 0.6) is 0 Å². The highest BCUT2D eigenvalue weighted by Crippen LogP contribution is 2.27. The summed E-state index contributed by atoms with van der Waals surface area (Å²) in [6.07, 6.45) is 2.43. The largest absolute Gasteiger partial charge is 0.389 e. The third kappa shape index (κ3) is 2.13. The molecule has 0 unspecified atom stereocenters. The van der Waals surface area contributed by atoms with E-state index in [0.717, 1.165) is 30.9 Å². The molecule has 1 N–H and O–H groups in total. The molecule has 1 aliphatic heterocycles. The Hall–Kier alpha value is -1.39. The maximum absolute atomic E-state index is 9.63. The first kappa shape index (κ1) is 11.7. The number of thiophene rings is 1. The predicted molar refractivity (Wildman–Crippen MR) is 73.9 cm³/mol. The Kier molecular flexibility index (Phi) is 3.06. The molecule has 94 valence electrons. The Bertz CT molecular complexity index is 550. The minimum atomic E-state index is -0.437. The van der Waals surface area contributed by atoms with Crippen molar-refractivity contribution in [1.82, 2.24) is 4.98 Å². The number of hydrogen-bond acceptors (Lipinski definition) is 4. The molecule has 3 heterocycles. The van der Waals surface area contributed by atoms with Crippen LogP contribution >= 0.6 is 11.3 Å². The summed E-state index contributed by atoms with van der Waals surface area (Å²) in [5, 5.41) is 11.8. The molecule has 3 rings (SSSR count). The molecule has 0 radical (unpaired) electrons. The maximum Gasteiger partial charge on any atom is 0.129 e. The van der Waals surface area contributed by atoms with Crippen molar-refractivity contribution in [3.05, 3.63) is 45.8 Å². The number of anilines is 1. The smallest absolute Gasteiger partial charge is 0.129 e. The van der Waals surface area contributed by atoms with Gasteiger partial charge in [0.1, 0.15) is 5.82 Å². The normalized spacial score (nSPS) is 16.4. The van der Waals surface area contributed by atoms with Crippen LogP contribution in [0.2, 0.25) is 0 Å². The molecule has 0 amide bonds. The molecule has 1 atom stereocenters. The molecule has 0 aromatic carbocycles. The van der Waals surface area contributed by atoms with Crippen LogP contribution < -0.4 is 4.90 Å². The SMILES string of the molecule is C[C@H](O)c1ccnc(N2CCc3sccc3C2)c1. The lowest BCUT2D eigenvalue weighted by atomic mass is 10.1. The molecule has 3 nitrogen and oxygen atoms in total. The zero-order valence-corrected chi connectivity index (χ0v) is 11.2. The Morgan fingerprint density at radius 3 is 3.17 bits per heavy atom. The van der Waals surface area contributed by atoms with Crippen LogP contribution in [0.1, 0.15) is 29.0 Å². The van der Waals surface area contributed by atoms with E-state index in [2.05, 4.69) is 21.3 Å². The molecule has 0 spiro atoms. The second-order valence-electron chi connectivity index (χ2n) is 4.66. The summed E-state index contributed by atoms with van der Waals surface area (Å²) in [7, 11) is 0. The van der Waals surface area contributed by atoms with E-state index in [1.807, 2.05) is 23.5 Å². The van der Waals surface area contributed by atoms with Crippen LogP contribution in [-0.4, -0.2) is 16.6 Å². The highest BCUT2D eigenvalue weighted by molar-refractivity contribution is 7.10. The lowest BCUT2D eigenvalue weighted by Crippen LogP contribution is -2.30. The molecule has 0 aliphatic carbocycles. The van der Waals surface area contributed by atoms with E-state index < -0.39 is 6.10 Å². The first-order valence-corrected chi connectivity index (χ1v) is 7.06. The van der Waals surface area contributed by atoms with Gasteiger partial charge in [0.25, 0.3) is 0 Å². The molecule has 4 heteroatoms. The highest BCUT2D eigenvalue weighted by atomic mass is 32.1. The average molecular weight is 260 g/mol. The van der Waals surface area contributed by atoms with Gasteiger partial charge in [-0.25, -0.2) is 4.98 Å². The number of fused-ring (bicyclic) bond motifs is 1. The molecule has 2 aromatic rings. The van der Waals surface area contributed by atoms with Gasteiger partial charge in [0.2, 0.25) is 0 Å². The number of aromatic nitrogens is 1. The highest BCUT2D eigenvalue weighted by Gasteiger charge is 2.18. The summed E-state index contributed by atoms with van der Waals surface area (Å²) < 4.78 is 0. The third-order valence-electron chi connectivity index (χ3n) is 3.38. The second kappa shape index (κ2) is 4.71. The summed E-state index contributed by atoms with van der Waals surface area (Å²) in [4.78, 5) is 8.20. The second-order valence-corrected chi connectivity index (χ2v) is 5.66. The number of nitrogens with zero attached hydrogens (tertiary/aromatic N) is 2. The standard InChI is InChI=1S/C14H16N2OS/c1-10(17)11-2-5-15-14(8-11)16-6-3-13-12(9-16)4-7-18-13/h2,4-5,7-8,10,17H,3,6,9H2,1H3/t10-/m0/s1. The van der Waals surface area contributed by atoms with Crippen LogP contribution in [0.15, 0.2) is 29.8 Å². The first-order chi connectivity index (χ1) is 8.74. The molecule has 0 bridgehead atoms. The van der Waals surface area contributed by atoms with Crippen molar-refractivity contribution in [1.29, 1.82) is 0 Å². The number of aliphatic hydroxyl groups is 1. The number of pyridine rings is 1. The van der Waals surface area contributed by atoms with Gasteiger partial charge in [-0.3, -0.25) is 0 Å². The summed E-state index contributed by atoms with van der Waals surface area (Å²) in [6.45, 7) is 3.71. The summed E-state index contributed by atoms with van der Waals surface area (Å²) in [6, 6.07) is 6.06. The predicted octanol–water partition coefficient (Wildman–Crippen LogP) is 2.76. The van der Waals surface area contributed by atoms with Crippen molar-refractivity contribution in [3.8, 4) is 0 Å². The fourth-order valence-electron chi connectivity index (χ4n) is 2.31. The minimum absolute atomic E-state index is 0.437. The Morgan fingerprint density at radius 2 is 2.33 bits per heavy atom. The van der Waals surface area contributed by atoms with Gasteiger partial charge in [-0.2, -0.15) is 0 Å². The number of aliphatic hydroxyl groups excluding tert-OH is 1. The van der Waals surface area contributed by atoms with E-state index >= 15 is 0 Å². The van der Waals surface area contributed by atoms with Crippen LogP contribution in [0.25, 0.3) is 0 Å². The average Bonchev–Trinajstić information content (AvgIpc) is 2.86. The topological polar surface area (TPSA) is 36.4 Å². The Balaban J connectivity index is 1.86. The van der Waals surface area contributed by atoms with Crippen LogP contribution in [0, 0.1) is 0 Å². The van der Waals surface area contributed by atoms with Crippen molar-refractivity contribution in [2.45, 2.75) is 26.0 Å². The third-order valence-corrected chi connectivity index (χ3v) is 4.41. The van der Waals surface area contributed by atoms with E-state index in [-0.39, 0.29) is 0 Å². The van der Waals surface area contributed by atoms with Gasteiger partial charge in [-0.05, 0) is 48.1 Å². The van der Waals surface area contributed by atoms with E-state index in [1.54, 1.807) is 13.1 Å². The number of hydrogen-bond donors (Lipinski definition) is 1. The quantitative estimate of drug-likeness (QED) is 0.902. The summed E-state index contributed by atoms with van der Waals surface area (Å²) in [5.74, 6) is 0.963. The van der Waals surface area contributed by atoms with Crippen LogP contribution in [0.3, 0.4) is 0 Å². The number of rotatable bonds is 2. The summed E-state index contributed by atoms with van der Waals surface area (Å²) in [5.41, 5.74) is 2.34. The molecule has 2 aromatic heterocycles. The maximum atomic E-state index is 9.63. The lowest BCUT2D eigenvalue weighted by Gasteiger charge is -2.28. The van der Waals surface area contributed by atoms with E-state index in [0.29, 0.717) is 0 Å². The molecule has 0 saturated carbocycles. The summed E-state index contributed by atoms with van der Waals surface area (Å²) >= 11 is 1.84. The molecule has 0 saturated heterocycles. The fraction of sp³-hybridized carbons (Fsp3) is 0.357.